The maximum Gasteiger partial charge on any atom is 0.145 e. The van der Waals surface area contributed by atoms with Crippen LogP contribution in [0.1, 0.15) is 11.1 Å². The molecule has 0 radical (unpaired) electrons. The van der Waals surface area contributed by atoms with Crippen molar-refractivity contribution in [3.05, 3.63) is 94.0 Å². The van der Waals surface area contributed by atoms with Crippen molar-refractivity contribution in [3.8, 4) is 11.5 Å². The molecule has 3 aromatic carbocycles. The van der Waals surface area contributed by atoms with Crippen LogP contribution in [0.15, 0.2) is 78.0 Å². The summed E-state index contributed by atoms with van der Waals surface area (Å²) in [5.41, 5.74) is 1.57. The van der Waals surface area contributed by atoms with Crippen LogP contribution in [0.2, 0.25) is 10.0 Å². The Morgan fingerprint density at radius 2 is 1.48 bits per heavy atom. The van der Waals surface area contributed by atoms with Crippen molar-refractivity contribution in [2.45, 2.75) is 6.61 Å². The van der Waals surface area contributed by atoms with Crippen LogP contribution < -0.4 is 4.74 Å². The van der Waals surface area contributed by atoms with E-state index < -0.39 is 0 Å². The summed E-state index contributed by atoms with van der Waals surface area (Å²) < 4.78 is 5.79. The van der Waals surface area contributed by atoms with E-state index in [1.165, 1.54) is 0 Å². The molecule has 5 heteroatoms. The molecule has 126 valence electrons. The second-order valence-electron chi connectivity index (χ2n) is 5.20. The highest BCUT2D eigenvalue weighted by molar-refractivity contribution is 6.35. The molecule has 0 saturated carbocycles. The quantitative estimate of drug-likeness (QED) is 0.374. The van der Waals surface area contributed by atoms with Crippen molar-refractivity contribution in [1.82, 2.24) is 0 Å². The Balaban J connectivity index is 1.61. The molecule has 0 N–H and O–H groups in total. The van der Waals surface area contributed by atoms with Gasteiger partial charge in [-0.25, -0.2) is 0 Å². The SMILES string of the molecule is Clc1cccc(Cl)c1CO/N=C/c1cccc(Oc2ccccc2)c1. The summed E-state index contributed by atoms with van der Waals surface area (Å²) in [5, 5.41) is 5.08. The summed E-state index contributed by atoms with van der Waals surface area (Å²) in [7, 11) is 0. The Hall–Kier alpha value is -2.49. The zero-order valence-corrected chi connectivity index (χ0v) is 14.7. The second kappa shape index (κ2) is 8.56. The molecular formula is C20H15Cl2NO2. The molecule has 0 aliphatic rings. The first kappa shape index (κ1) is 17.3. The summed E-state index contributed by atoms with van der Waals surface area (Å²) in [6, 6.07) is 22.5. The van der Waals surface area contributed by atoms with Crippen LogP contribution in [0, 0.1) is 0 Å². The first-order chi connectivity index (χ1) is 12.2. The van der Waals surface area contributed by atoms with Crippen molar-refractivity contribution in [3.63, 3.8) is 0 Å². The average molecular weight is 372 g/mol. The monoisotopic (exact) mass is 371 g/mol. The Morgan fingerprint density at radius 1 is 0.800 bits per heavy atom. The third kappa shape index (κ3) is 4.99. The van der Waals surface area contributed by atoms with Gasteiger partial charge in [0, 0.05) is 15.6 Å². The minimum Gasteiger partial charge on any atom is -0.457 e. The van der Waals surface area contributed by atoms with Gasteiger partial charge in [-0.2, -0.15) is 0 Å². The second-order valence-corrected chi connectivity index (χ2v) is 6.01. The first-order valence-electron chi connectivity index (χ1n) is 7.63. The van der Waals surface area contributed by atoms with Gasteiger partial charge in [-0.05, 0) is 42.0 Å². The first-order valence-corrected chi connectivity index (χ1v) is 8.39. The van der Waals surface area contributed by atoms with Crippen LogP contribution in [0.5, 0.6) is 11.5 Å². The molecule has 0 unspecified atom stereocenters. The van der Waals surface area contributed by atoms with E-state index >= 15 is 0 Å². The normalized spacial score (nSPS) is 10.8. The third-order valence-corrected chi connectivity index (χ3v) is 4.09. The fourth-order valence-corrected chi connectivity index (χ4v) is 2.66. The summed E-state index contributed by atoms with van der Waals surface area (Å²) in [6.07, 6.45) is 1.61. The van der Waals surface area contributed by atoms with Gasteiger partial charge in [0.2, 0.25) is 0 Å². The van der Waals surface area contributed by atoms with Gasteiger partial charge >= 0.3 is 0 Å². The van der Waals surface area contributed by atoms with Gasteiger partial charge in [0.25, 0.3) is 0 Å². The number of hydrogen-bond donors (Lipinski definition) is 0. The highest BCUT2D eigenvalue weighted by Crippen LogP contribution is 2.25. The van der Waals surface area contributed by atoms with E-state index in [4.69, 9.17) is 32.8 Å². The van der Waals surface area contributed by atoms with Gasteiger partial charge < -0.3 is 9.57 Å². The van der Waals surface area contributed by atoms with E-state index in [-0.39, 0.29) is 6.61 Å². The number of oxime groups is 1. The minimum absolute atomic E-state index is 0.204. The summed E-state index contributed by atoms with van der Waals surface area (Å²) in [5.74, 6) is 1.51. The van der Waals surface area contributed by atoms with Crippen LogP contribution >= 0.6 is 23.2 Å². The molecule has 0 bridgehead atoms. The van der Waals surface area contributed by atoms with Crippen molar-refractivity contribution >= 4 is 29.4 Å². The number of ether oxygens (including phenoxy) is 1. The molecule has 3 aromatic rings. The molecule has 0 aliphatic heterocycles. The van der Waals surface area contributed by atoms with Crippen molar-refractivity contribution in [2.24, 2.45) is 5.16 Å². The molecule has 0 heterocycles. The fourth-order valence-electron chi connectivity index (χ4n) is 2.15. The molecule has 3 rings (SSSR count). The summed E-state index contributed by atoms with van der Waals surface area (Å²) in [6.45, 7) is 0.204. The van der Waals surface area contributed by atoms with E-state index in [1.807, 2.05) is 54.6 Å². The molecule has 3 nitrogen and oxygen atoms in total. The molecule has 0 amide bonds. The summed E-state index contributed by atoms with van der Waals surface area (Å²) in [4.78, 5) is 5.30. The van der Waals surface area contributed by atoms with E-state index in [2.05, 4.69) is 5.16 Å². The van der Waals surface area contributed by atoms with Crippen molar-refractivity contribution < 1.29 is 9.57 Å². The van der Waals surface area contributed by atoms with Crippen LogP contribution in [0.25, 0.3) is 0 Å². The Bertz CT molecular complexity index is 846. The van der Waals surface area contributed by atoms with E-state index in [0.717, 1.165) is 17.1 Å². The topological polar surface area (TPSA) is 30.8 Å². The number of benzene rings is 3. The largest absolute Gasteiger partial charge is 0.457 e. The van der Waals surface area contributed by atoms with Gasteiger partial charge in [0.15, 0.2) is 0 Å². The van der Waals surface area contributed by atoms with Crippen LogP contribution in [0.3, 0.4) is 0 Å². The van der Waals surface area contributed by atoms with Gasteiger partial charge in [0.1, 0.15) is 18.1 Å². The molecule has 0 atom stereocenters. The standard InChI is InChI=1S/C20H15Cl2NO2/c21-19-10-5-11-20(22)18(19)14-24-23-13-15-6-4-9-17(12-15)25-16-7-2-1-3-8-16/h1-13H,14H2/b23-13+. The van der Waals surface area contributed by atoms with Gasteiger partial charge in [-0.3, -0.25) is 0 Å². The smallest absolute Gasteiger partial charge is 0.145 e. The highest BCUT2D eigenvalue weighted by atomic mass is 35.5. The van der Waals surface area contributed by atoms with Crippen LogP contribution in [0.4, 0.5) is 0 Å². The van der Waals surface area contributed by atoms with Crippen LogP contribution in [-0.2, 0) is 11.4 Å². The Morgan fingerprint density at radius 3 is 2.24 bits per heavy atom. The lowest BCUT2D eigenvalue weighted by Crippen LogP contribution is -1.91. The lowest BCUT2D eigenvalue weighted by molar-refractivity contribution is 0.132. The predicted octanol–water partition coefficient (Wildman–Crippen LogP) is 6.34. The average Bonchev–Trinajstić information content (AvgIpc) is 2.62. The Kier molecular flexibility index (Phi) is 5.94. The molecule has 0 spiro atoms. The Labute approximate surface area is 156 Å². The molecule has 0 fully saturated rings. The van der Waals surface area contributed by atoms with E-state index in [1.54, 1.807) is 24.4 Å². The lowest BCUT2D eigenvalue weighted by Gasteiger charge is -2.06. The molecule has 0 aromatic heterocycles. The number of hydrogen-bond acceptors (Lipinski definition) is 3. The van der Waals surface area contributed by atoms with Crippen molar-refractivity contribution in [1.29, 1.82) is 0 Å². The summed E-state index contributed by atoms with van der Waals surface area (Å²) >= 11 is 12.2. The number of nitrogens with zero attached hydrogens (tertiary/aromatic N) is 1. The number of rotatable bonds is 6. The molecular weight excluding hydrogens is 357 g/mol. The van der Waals surface area contributed by atoms with Gasteiger partial charge in [-0.15, -0.1) is 0 Å². The third-order valence-electron chi connectivity index (χ3n) is 3.38. The maximum atomic E-state index is 6.09. The zero-order chi connectivity index (χ0) is 17.5. The van der Waals surface area contributed by atoms with Gasteiger partial charge in [0.05, 0.1) is 6.21 Å². The van der Waals surface area contributed by atoms with Crippen LogP contribution in [-0.4, -0.2) is 6.21 Å². The highest BCUT2D eigenvalue weighted by Gasteiger charge is 2.05. The lowest BCUT2D eigenvalue weighted by atomic mass is 10.2. The number of para-hydroxylation sites is 1. The zero-order valence-electron chi connectivity index (χ0n) is 13.2. The fraction of sp³-hybridized carbons (Fsp3) is 0.0500. The molecule has 0 saturated heterocycles. The predicted molar refractivity (Wildman–Crippen MR) is 102 cm³/mol. The van der Waals surface area contributed by atoms with E-state index in [0.29, 0.717) is 15.6 Å². The van der Waals surface area contributed by atoms with Gasteiger partial charge in [-0.1, -0.05) is 64.8 Å². The number of halogens is 2. The minimum atomic E-state index is 0.204. The molecule has 25 heavy (non-hydrogen) atoms. The van der Waals surface area contributed by atoms with Crippen molar-refractivity contribution in [2.75, 3.05) is 0 Å². The molecule has 0 aliphatic carbocycles. The maximum absolute atomic E-state index is 6.09. The van der Waals surface area contributed by atoms with E-state index in [9.17, 15) is 0 Å².